The van der Waals surface area contributed by atoms with Crippen LogP contribution in [0.15, 0.2) is 12.4 Å². The molecule has 0 saturated heterocycles. The van der Waals surface area contributed by atoms with E-state index in [1.54, 1.807) is 6.33 Å². The molecule has 16 heavy (non-hydrogen) atoms. The Kier molecular flexibility index (Phi) is 3.70. The van der Waals surface area contributed by atoms with Crippen LogP contribution in [0.3, 0.4) is 0 Å². The zero-order chi connectivity index (χ0) is 12.3. The molecule has 0 amide bonds. The predicted molar refractivity (Wildman–Crippen MR) is 67.9 cm³/mol. The van der Waals surface area contributed by atoms with Gasteiger partial charge in [0, 0.05) is 39.3 Å². The summed E-state index contributed by atoms with van der Waals surface area (Å²) in [6.07, 6.45) is 1.57. The number of hydrogen-bond acceptors (Lipinski definition) is 5. The van der Waals surface area contributed by atoms with Gasteiger partial charge >= 0.3 is 0 Å². The van der Waals surface area contributed by atoms with Gasteiger partial charge in [0.1, 0.15) is 18.0 Å². The highest BCUT2D eigenvalue weighted by atomic mass is 15.2. The van der Waals surface area contributed by atoms with Gasteiger partial charge < -0.3 is 15.5 Å². The van der Waals surface area contributed by atoms with Crippen molar-refractivity contribution in [1.82, 2.24) is 9.97 Å². The van der Waals surface area contributed by atoms with Crippen molar-refractivity contribution < 1.29 is 0 Å². The van der Waals surface area contributed by atoms with Crippen LogP contribution in [0.25, 0.3) is 0 Å². The molecule has 1 aromatic rings. The summed E-state index contributed by atoms with van der Waals surface area (Å²) in [4.78, 5) is 12.4. The maximum absolute atomic E-state index is 5.98. The molecule has 0 aliphatic carbocycles. The van der Waals surface area contributed by atoms with Crippen LogP contribution in [0.1, 0.15) is 13.8 Å². The van der Waals surface area contributed by atoms with E-state index in [4.69, 9.17) is 5.73 Å². The van der Waals surface area contributed by atoms with Crippen LogP contribution in [0.2, 0.25) is 0 Å². The first-order chi connectivity index (χ1) is 7.29. The first kappa shape index (κ1) is 12.7. The first-order valence-electron chi connectivity index (χ1n) is 5.29. The molecule has 0 unspecified atom stereocenters. The molecular formula is C11H21N5. The second-order valence-electron chi connectivity index (χ2n) is 4.97. The van der Waals surface area contributed by atoms with Gasteiger partial charge in [-0.25, -0.2) is 9.97 Å². The van der Waals surface area contributed by atoms with Gasteiger partial charge in [-0.1, -0.05) is 0 Å². The summed E-state index contributed by atoms with van der Waals surface area (Å²) in [7, 11) is 5.90. The Balaban J connectivity index is 2.83. The van der Waals surface area contributed by atoms with Crippen LogP contribution in [0.4, 0.5) is 11.6 Å². The summed E-state index contributed by atoms with van der Waals surface area (Å²) in [5.41, 5.74) is 5.74. The SMILES string of the molecule is CN(C)c1cc(N(C)CC(C)(C)N)ncn1. The van der Waals surface area contributed by atoms with Crippen LogP contribution >= 0.6 is 0 Å². The van der Waals surface area contributed by atoms with Crippen molar-refractivity contribution in [2.45, 2.75) is 19.4 Å². The summed E-state index contributed by atoms with van der Waals surface area (Å²) in [6.45, 7) is 4.74. The van der Waals surface area contributed by atoms with Crippen LogP contribution in [-0.2, 0) is 0 Å². The van der Waals surface area contributed by atoms with Crippen LogP contribution in [0, 0.1) is 0 Å². The van der Waals surface area contributed by atoms with E-state index >= 15 is 0 Å². The van der Waals surface area contributed by atoms with Gasteiger partial charge in [0.25, 0.3) is 0 Å². The summed E-state index contributed by atoms with van der Waals surface area (Å²) >= 11 is 0. The monoisotopic (exact) mass is 223 g/mol. The summed E-state index contributed by atoms with van der Waals surface area (Å²) in [6, 6.07) is 1.95. The predicted octanol–water partition coefficient (Wildman–Crippen LogP) is 0.716. The fourth-order valence-corrected chi connectivity index (χ4v) is 1.48. The van der Waals surface area contributed by atoms with Crippen LogP contribution in [-0.4, -0.2) is 43.2 Å². The molecule has 0 atom stereocenters. The van der Waals surface area contributed by atoms with Crippen molar-refractivity contribution in [3.8, 4) is 0 Å². The lowest BCUT2D eigenvalue weighted by atomic mass is 10.1. The smallest absolute Gasteiger partial charge is 0.133 e. The number of anilines is 2. The van der Waals surface area contributed by atoms with Crippen molar-refractivity contribution in [3.05, 3.63) is 12.4 Å². The van der Waals surface area contributed by atoms with Gasteiger partial charge in [-0.15, -0.1) is 0 Å². The lowest BCUT2D eigenvalue weighted by molar-refractivity contribution is 0.517. The number of nitrogens with two attached hydrogens (primary N) is 1. The van der Waals surface area contributed by atoms with E-state index in [1.807, 2.05) is 50.9 Å². The Bertz CT molecular complexity index is 342. The molecule has 90 valence electrons. The normalized spacial score (nSPS) is 11.4. The molecule has 1 rings (SSSR count). The van der Waals surface area contributed by atoms with Crippen molar-refractivity contribution in [1.29, 1.82) is 0 Å². The third-order valence-corrected chi connectivity index (χ3v) is 2.13. The molecule has 0 aliphatic rings. The lowest BCUT2D eigenvalue weighted by Crippen LogP contribution is -2.44. The number of rotatable bonds is 4. The Morgan fingerprint density at radius 1 is 1.19 bits per heavy atom. The Hall–Kier alpha value is -1.36. The number of hydrogen-bond donors (Lipinski definition) is 1. The number of aromatic nitrogens is 2. The molecule has 0 spiro atoms. The highest BCUT2D eigenvalue weighted by Crippen LogP contribution is 2.15. The standard InChI is InChI=1S/C11H21N5/c1-11(2,12)7-16(5)10-6-9(15(3)4)13-8-14-10/h6,8H,7,12H2,1-5H3. The first-order valence-corrected chi connectivity index (χ1v) is 5.29. The van der Waals surface area contributed by atoms with Gasteiger partial charge in [0.05, 0.1) is 0 Å². The van der Waals surface area contributed by atoms with Crippen molar-refractivity contribution in [2.24, 2.45) is 5.73 Å². The average Bonchev–Trinajstić information content (AvgIpc) is 2.15. The lowest BCUT2D eigenvalue weighted by Gasteiger charge is -2.27. The van der Waals surface area contributed by atoms with E-state index in [-0.39, 0.29) is 5.54 Å². The molecule has 0 saturated carbocycles. The van der Waals surface area contributed by atoms with E-state index < -0.39 is 0 Å². The highest BCUT2D eigenvalue weighted by Gasteiger charge is 2.15. The third-order valence-electron chi connectivity index (χ3n) is 2.13. The van der Waals surface area contributed by atoms with E-state index in [9.17, 15) is 0 Å². The molecule has 5 heteroatoms. The summed E-state index contributed by atoms with van der Waals surface area (Å²) in [5.74, 6) is 1.78. The summed E-state index contributed by atoms with van der Waals surface area (Å²) in [5, 5.41) is 0. The summed E-state index contributed by atoms with van der Waals surface area (Å²) < 4.78 is 0. The van der Waals surface area contributed by atoms with Gasteiger partial charge in [-0.05, 0) is 13.8 Å². The van der Waals surface area contributed by atoms with E-state index in [2.05, 4.69) is 9.97 Å². The van der Waals surface area contributed by atoms with Gasteiger partial charge in [0.2, 0.25) is 0 Å². The zero-order valence-electron chi connectivity index (χ0n) is 10.7. The molecule has 0 bridgehead atoms. The van der Waals surface area contributed by atoms with E-state index in [0.717, 1.165) is 18.2 Å². The Morgan fingerprint density at radius 2 is 1.75 bits per heavy atom. The fraction of sp³-hybridized carbons (Fsp3) is 0.636. The van der Waals surface area contributed by atoms with Gasteiger partial charge in [-0.2, -0.15) is 0 Å². The fourth-order valence-electron chi connectivity index (χ4n) is 1.48. The van der Waals surface area contributed by atoms with Gasteiger partial charge in [-0.3, -0.25) is 0 Å². The molecule has 0 aliphatic heterocycles. The molecule has 0 aromatic carbocycles. The number of nitrogens with zero attached hydrogens (tertiary/aromatic N) is 4. The topological polar surface area (TPSA) is 58.3 Å². The maximum Gasteiger partial charge on any atom is 0.133 e. The largest absolute Gasteiger partial charge is 0.363 e. The van der Waals surface area contributed by atoms with Crippen LogP contribution in [0.5, 0.6) is 0 Å². The van der Waals surface area contributed by atoms with E-state index in [1.165, 1.54) is 0 Å². The van der Waals surface area contributed by atoms with Crippen molar-refractivity contribution in [3.63, 3.8) is 0 Å². The van der Waals surface area contributed by atoms with E-state index in [0.29, 0.717) is 0 Å². The molecule has 1 heterocycles. The molecule has 1 aromatic heterocycles. The molecule has 0 fully saturated rings. The van der Waals surface area contributed by atoms with Gasteiger partial charge in [0.15, 0.2) is 0 Å². The molecule has 0 radical (unpaired) electrons. The second kappa shape index (κ2) is 4.65. The number of likely N-dealkylation sites (N-methyl/N-ethyl adjacent to an activating group) is 1. The minimum absolute atomic E-state index is 0.238. The quantitative estimate of drug-likeness (QED) is 0.815. The molecular weight excluding hydrogens is 202 g/mol. The minimum Gasteiger partial charge on any atom is -0.363 e. The average molecular weight is 223 g/mol. The zero-order valence-corrected chi connectivity index (χ0v) is 10.7. The second-order valence-corrected chi connectivity index (χ2v) is 4.97. The Morgan fingerprint density at radius 3 is 2.25 bits per heavy atom. The molecule has 2 N–H and O–H groups in total. The highest BCUT2D eigenvalue weighted by molar-refractivity contribution is 5.48. The maximum atomic E-state index is 5.98. The minimum atomic E-state index is -0.238. The van der Waals surface area contributed by atoms with Crippen LogP contribution < -0.4 is 15.5 Å². The third kappa shape index (κ3) is 3.66. The van der Waals surface area contributed by atoms with Crippen molar-refractivity contribution in [2.75, 3.05) is 37.5 Å². The Labute approximate surface area is 97.3 Å². The van der Waals surface area contributed by atoms with Crippen molar-refractivity contribution >= 4 is 11.6 Å². The molecule has 5 nitrogen and oxygen atoms in total.